The second-order valence-corrected chi connectivity index (χ2v) is 7.26. The average molecular weight is 364 g/mol. The van der Waals surface area contributed by atoms with Crippen LogP contribution in [0.5, 0.6) is 0 Å². The van der Waals surface area contributed by atoms with Crippen molar-refractivity contribution in [3.8, 4) is 0 Å². The SMILES string of the molecule is CCC(=O)N1CCCC(C(=O)N2CCN(c3ccc(Cl)cc3)CC2)C1. The van der Waals surface area contributed by atoms with Gasteiger partial charge in [-0.3, -0.25) is 9.59 Å². The van der Waals surface area contributed by atoms with Crippen molar-refractivity contribution in [2.75, 3.05) is 44.2 Å². The first-order valence-corrected chi connectivity index (χ1v) is 9.53. The monoisotopic (exact) mass is 363 g/mol. The maximum Gasteiger partial charge on any atom is 0.227 e. The summed E-state index contributed by atoms with van der Waals surface area (Å²) in [6, 6.07) is 7.84. The lowest BCUT2D eigenvalue weighted by Gasteiger charge is -2.39. The number of hydrogen-bond donors (Lipinski definition) is 0. The van der Waals surface area contributed by atoms with E-state index >= 15 is 0 Å². The molecule has 2 amide bonds. The lowest BCUT2D eigenvalue weighted by molar-refractivity contribution is -0.141. The molecular formula is C19H26ClN3O2. The Morgan fingerprint density at radius 1 is 1.04 bits per heavy atom. The number of benzene rings is 1. The lowest BCUT2D eigenvalue weighted by Crippen LogP contribution is -2.53. The van der Waals surface area contributed by atoms with Crippen LogP contribution in [0.1, 0.15) is 26.2 Å². The molecule has 25 heavy (non-hydrogen) atoms. The van der Waals surface area contributed by atoms with Crippen LogP contribution < -0.4 is 4.90 Å². The number of halogens is 1. The third-order valence-electron chi connectivity index (χ3n) is 5.21. The molecule has 0 N–H and O–H groups in total. The molecule has 1 aromatic rings. The van der Waals surface area contributed by atoms with Crippen LogP contribution in [0.25, 0.3) is 0 Å². The van der Waals surface area contributed by atoms with Crippen LogP contribution >= 0.6 is 11.6 Å². The molecule has 1 unspecified atom stereocenters. The van der Waals surface area contributed by atoms with E-state index in [-0.39, 0.29) is 17.7 Å². The van der Waals surface area contributed by atoms with E-state index in [2.05, 4.69) is 4.90 Å². The van der Waals surface area contributed by atoms with Crippen LogP contribution in [0.15, 0.2) is 24.3 Å². The van der Waals surface area contributed by atoms with Crippen molar-refractivity contribution < 1.29 is 9.59 Å². The number of likely N-dealkylation sites (tertiary alicyclic amines) is 1. The molecule has 1 aromatic carbocycles. The summed E-state index contributed by atoms with van der Waals surface area (Å²) < 4.78 is 0. The highest BCUT2D eigenvalue weighted by Crippen LogP contribution is 2.23. The number of anilines is 1. The molecule has 2 heterocycles. The van der Waals surface area contributed by atoms with Crippen LogP contribution in [0.3, 0.4) is 0 Å². The summed E-state index contributed by atoms with van der Waals surface area (Å²) in [6.45, 7) is 6.39. The third kappa shape index (κ3) is 4.27. The fourth-order valence-corrected chi connectivity index (χ4v) is 3.85. The minimum absolute atomic E-state index is 0.0358. The number of piperidine rings is 1. The van der Waals surface area contributed by atoms with Crippen molar-refractivity contribution in [2.24, 2.45) is 5.92 Å². The highest BCUT2D eigenvalue weighted by atomic mass is 35.5. The Morgan fingerprint density at radius 2 is 1.72 bits per heavy atom. The molecule has 2 fully saturated rings. The molecule has 136 valence electrons. The predicted octanol–water partition coefficient (Wildman–Crippen LogP) is 2.64. The molecule has 1 atom stereocenters. The summed E-state index contributed by atoms with van der Waals surface area (Å²) >= 11 is 5.95. The van der Waals surface area contributed by atoms with Crippen LogP contribution in [0.4, 0.5) is 5.69 Å². The van der Waals surface area contributed by atoms with E-state index in [1.807, 2.05) is 41.0 Å². The molecule has 0 spiro atoms. The zero-order valence-corrected chi connectivity index (χ0v) is 15.5. The van der Waals surface area contributed by atoms with Gasteiger partial charge in [-0.1, -0.05) is 18.5 Å². The van der Waals surface area contributed by atoms with Gasteiger partial charge in [0, 0.05) is 56.4 Å². The number of piperazine rings is 1. The van der Waals surface area contributed by atoms with Gasteiger partial charge in [0.1, 0.15) is 0 Å². The molecule has 0 saturated carbocycles. The van der Waals surface area contributed by atoms with E-state index in [9.17, 15) is 9.59 Å². The van der Waals surface area contributed by atoms with Crippen molar-refractivity contribution in [3.63, 3.8) is 0 Å². The molecule has 2 aliphatic rings. The van der Waals surface area contributed by atoms with E-state index < -0.39 is 0 Å². The molecule has 2 saturated heterocycles. The minimum atomic E-state index is -0.0358. The van der Waals surface area contributed by atoms with Crippen molar-refractivity contribution >= 4 is 29.1 Å². The van der Waals surface area contributed by atoms with E-state index in [0.29, 0.717) is 13.0 Å². The van der Waals surface area contributed by atoms with Crippen molar-refractivity contribution in [1.29, 1.82) is 0 Å². The Morgan fingerprint density at radius 3 is 2.36 bits per heavy atom. The van der Waals surface area contributed by atoms with Crippen LogP contribution in [0.2, 0.25) is 5.02 Å². The van der Waals surface area contributed by atoms with Gasteiger partial charge in [0.2, 0.25) is 11.8 Å². The minimum Gasteiger partial charge on any atom is -0.368 e. The summed E-state index contributed by atoms with van der Waals surface area (Å²) in [5, 5.41) is 0.737. The smallest absolute Gasteiger partial charge is 0.227 e. The Balaban J connectivity index is 1.54. The standard InChI is InChI=1S/C19H26ClN3O2/c1-2-18(24)23-9-3-4-15(14-23)19(25)22-12-10-21(11-13-22)17-7-5-16(20)6-8-17/h5-8,15H,2-4,9-14H2,1H3. The zero-order chi connectivity index (χ0) is 17.8. The van der Waals surface area contributed by atoms with E-state index in [1.54, 1.807) is 0 Å². The fraction of sp³-hybridized carbons (Fsp3) is 0.579. The number of hydrogen-bond acceptors (Lipinski definition) is 3. The maximum atomic E-state index is 12.8. The largest absolute Gasteiger partial charge is 0.368 e. The third-order valence-corrected chi connectivity index (χ3v) is 5.46. The van der Waals surface area contributed by atoms with Gasteiger partial charge in [0.15, 0.2) is 0 Å². The zero-order valence-electron chi connectivity index (χ0n) is 14.8. The van der Waals surface area contributed by atoms with E-state index in [0.717, 1.165) is 56.3 Å². The maximum absolute atomic E-state index is 12.8. The van der Waals surface area contributed by atoms with Crippen molar-refractivity contribution in [1.82, 2.24) is 9.80 Å². The average Bonchev–Trinajstić information content (AvgIpc) is 2.67. The molecule has 2 aliphatic heterocycles. The summed E-state index contributed by atoms with van der Waals surface area (Å²) in [7, 11) is 0. The topological polar surface area (TPSA) is 43.9 Å². The lowest BCUT2D eigenvalue weighted by atomic mass is 9.96. The van der Waals surface area contributed by atoms with Gasteiger partial charge in [-0.15, -0.1) is 0 Å². The van der Waals surface area contributed by atoms with Gasteiger partial charge in [0.05, 0.1) is 5.92 Å². The molecular weight excluding hydrogens is 338 g/mol. The molecule has 5 nitrogen and oxygen atoms in total. The molecule has 0 radical (unpaired) electrons. The van der Waals surface area contributed by atoms with Crippen LogP contribution in [-0.2, 0) is 9.59 Å². The normalized spacial score (nSPS) is 21.4. The molecule has 0 bridgehead atoms. The summed E-state index contributed by atoms with van der Waals surface area (Å²) in [5.41, 5.74) is 1.15. The second kappa shape index (κ2) is 8.09. The summed E-state index contributed by atoms with van der Waals surface area (Å²) in [4.78, 5) is 30.9. The Kier molecular flexibility index (Phi) is 5.84. The fourth-order valence-electron chi connectivity index (χ4n) is 3.72. The van der Waals surface area contributed by atoms with Crippen LogP contribution in [-0.4, -0.2) is 60.9 Å². The van der Waals surface area contributed by atoms with Gasteiger partial charge in [-0.05, 0) is 37.1 Å². The number of amides is 2. The van der Waals surface area contributed by atoms with E-state index in [1.165, 1.54) is 0 Å². The van der Waals surface area contributed by atoms with Crippen molar-refractivity contribution in [3.05, 3.63) is 29.3 Å². The first kappa shape index (κ1) is 18.1. The summed E-state index contributed by atoms with van der Waals surface area (Å²) in [5.74, 6) is 0.334. The van der Waals surface area contributed by atoms with Gasteiger partial charge < -0.3 is 14.7 Å². The number of carbonyl (C=O) groups is 2. The predicted molar refractivity (Wildman–Crippen MR) is 99.8 cm³/mol. The summed E-state index contributed by atoms with van der Waals surface area (Å²) in [6.07, 6.45) is 2.33. The molecule has 0 aliphatic carbocycles. The van der Waals surface area contributed by atoms with Gasteiger partial charge in [0.25, 0.3) is 0 Å². The Bertz CT molecular complexity index is 612. The Hall–Kier alpha value is -1.75. The molecule has 6 heteroatoms. The van der Waals surface area contributed by atoms with Crippen molar-refractivity contribution in [2.45, 2.75) is 26.2 Å². The first-order valence-electron chi connectivity index (χ1n) is 9.15. The van der Waals surface area contributed by atoms with Gasteiger partial charge in [-0.25, -0.2) is 0 Å². The van der Waals surface area contributed by atoms with Gasteiger partial charge >= 0.3 is 0 Å². The highest BCUT2D eigenvalue weighted by Gasteiger charge is 2.32. The second-order valence-electron chi connectivity index (χ2n) is 6.82. The molecule has 3 rings (SSSR count). The first-order chi connectivity index (χ1) is 12.1. The number of nitrogens with zero attached hydrogens (tertiary/aromatic N) is 3. The molecule has 0 aromatic heterocycles. The van der Waals surface area contributed by atoms with Gasteiger partial charge in [-0.2, -0.15) is 0 Å². The Labute approximate surface area is 154 Å². The van der Waals surface area contributed by atoms with Crippen LogP contribution in [0, 0.1) is 5.92 Å². The highest BCUT2D eigenvalue weighted by molar-refractivity contribution is 6.30. The number of carbonyl (C=O) groups excluding carboxylic acids is 2. The quantitative estimate of drug-likeness (QED) is 0.829. The number of rotatable bonds is 3. The van der Waals surface area contributed by atoms with E-state index in [4.69, 9.17) is 11.6 Å².